The number of hydrogen-bond donors (Lipinski definition) is 0. The molecule has 0 atom stereocenters. The van der Waals surface area contributed by atoms with E-state index in [2.05, 4.69) is 272 Å². The van der Waals surface area contributed by atoms with Crippen molar-refractivity contribution in [2.45, 2.75) is 57.8 Å². The first-order chi connectivity index (χ1) is 36.4. The zero-order valence-corrected chi connectivity index (χ0v) is 43.4. The minimum atomic E-state index is -0.173. The number of hydrogen-bond acceptors (Lipinski definition) is 0. The lowest BCUT2D eigenvalue weighted by Crippen LogP contribution is -2.15. The van der Waals surface area contributed by atoms with Crippen LogP contribution in [-0.4, -0.2) is 0 Å². The fourth-order valence-electron chi connectivity index (χ4n) is 14.1. The van der Waals surface area contributed by atoms with Gasteiger partial charge in [-0.2, -0.15) is 0 Å². The maximum atomic E-state index is 2.55. The van der Waals surface area contributed by atoms with Crippen molar-refractivity contribution in [2.24, 2.45) is 0 Å². The Bertz CT molecular complexity index is 4420. The summed E-state index contributed by atoms with van der Waals surface area (Å²) < 4.78 is 0. The van der Waals surface area contributed by atoms with E-state index in [1.807, 2.05) is 0 Å². The molecule has 3 aliphatic rings. The highest BCUT2D eigenvalue weighted by Crippen LogP contribution is 2.56. The van der Waals surface area contributed by atoms with E-state index >= 15 is 0 Å². The Morgan fingerprint density at radius 1 is 0.200 bits per heavy atom. The highest BCUT2D eigenvalue weighted by Gasteiger charge is 2.38. The second kappa shape index (κ2) is 15.7. The average Bonchev–Trinajstić information content (AvgIpc) is 3.94. The van der Waals surface area contributed by atoms with Gasteiger partial charge in [-0.15, -0.1) is 0 Å². The molecule has 0 spiro atoms. The summed E-state index contributed by atoms with van der Waals surface area (Å²) in [6.45, 7) is 14.4. The maximum absolute atomic E-state index is 2.55. The van der Waals surface area contributed by atoms with E-state index in [-0.39, 0.29) is 16.2 Å². The van der Waals surface area contributed by atoms with Crippen molar-refractivity contribution in [2.75, 3.05) is 0 Å². The maximum Gasteiger partial charge on any atom is 0.0159 e. The van der Waals surface area contributed by atoms with Crippen molar-refractivity contribution >= 4 is 32.3 Å². The topological polar surface area (TPSA) is 0 Å². The van der Waals surface area contributed by atoms with E-state index in [4.69, 9.17) is 0 Å². The largest absolute Gasteiger partial charge is 0.0622 e. The van der Waals surface area contributed by atoms with Crippen molar-refractivity contribution in [3.8, 4) is 89.0 Å². The minimum Gasteiger partial charge on any atom is -0.0622 e. The average molecular weight is 957 g/mol. The molecular weight excluding hydrogens is 901 g/mol. The summed E-state index contributed by atoms with van der Waals surface area (Å²) >= 11 is 0. The molecule has 12 aromatic carbocycles. The monoisotopic (exact) mass is 956 g/mol. The quantitative estimate of drug-likeness (QED) is 0.151. The van der Waals surface area contributed by atoms with Crippen LogP contribution in [0.1, 0.15) is 74.9 Å². The van der Waals surface area contributed by atoms with Crippen LogP contribution < -0.4 is 0 Å². The van der Waals surface area contributed by atoms with E-state index in [9.17, 15) is 0 Å². The predicted molar refractivity (Wildman–Crippen MR) is 319 cm³/mol. The molecule has 0 saturated carbocycles. The van der Waals surface area contributed by atoms with Gasteiger partial charge in [0.25, 0.3) is 0 Å². The Kier molecular flexibility index (Phi) is 9.21. The van der Waals surface area contributed by atoms with E-state index in [0.29, 0.717) is 0 Å². The van der Waals surface area contributed by atoms with Crippen molar-refractivity contribution in [3.05, 3.63) is 264 Å². The number of fused-ring (bicyclic) bond motifs is 13. The summed E-state index contributed by atoms with van der Waals surface area (Å²) in [6, 6.07) is 88.2. The Hall–Kier alpha value is -8.58. The van der Waals surface area contributed by atoms with Crippen LogP contribution >= 0.6 is 0 Å². The molecule has 0 fully saturated rings. The van der Waals surface area contributed by atoms with Gasteiger partial charge in [0.15, 0.2) is 0 Å². The molecule has 0 amide bonds. The summed E-state index contributed by atoms with van der Waals surface area (Å²) in [6.07, 6.45) is 0. The van der Waals surface area contributed by atoms with Crippen LogP contribution in [0, 0.1) is 0 Å². The molecule has 15 rings (SSSR count). The third kappa shape index (κ3) is 6.30. The van der Waals surface area contributed by atoms with Crippen LogP contribution in [0.2, 0.25) is 0 Å². The first-order valence-corrected chi connectivity index (χ1v) is 26.8. The van der Waals surface area contributed by atoms with Gasteiger partial charge in [-0.3, -0.25) is 0 Å². The van der Waals surface area contributed by atoms with Crippen molar-refractivity contribution in [3.63, 3.8) is 0 Å². The predicted octanol–water partition coefficient (Wildman–Crippen LogP) is 20.4. The van der Waals surface area contributed by atoms with Crippen molar-refractivity contribution in [1.82, 2.24) is 0 Å². The molecule has 12 aromatic rings. The summed E-state index contributed by atoms with van der Waals surface area (Å²) in [7, 11) is 0. The highest BCUT2D eigenvalue weighted by molar-refractivity contribution is 6.23. The Morgan fingerprint density at radius 2 is 0.533 bits per heavy atom. The van der Waals surface area contributed by atoms with Gasteiger partial charge in [0.1, 0.15) is 0 Å². The van der Waals surface area contributed by atoms with Crippen LogP contribution in [0.5, 0.6) is 0 Å². The second-order valence-electron chi connectivity index (χ2n) is 23.2. The molecule has 0 bridgehead atoms. The van der Waals surface area contributed by atoms with Gasteiger partial charge in [-0.05, 0) is 197 Å². The number of rotatable bonds is 5. The molecule has 0 radical (unpaired) electrons. The Morgan fingerprint density at radius 3 is 1.01 bits per heavy atom. The van der Waals surface area contributed by atoms with Crippen LogP contribution in [0.4, 0.5) is 0 Å². The van der Waals surface area contributed by atoms with Crippen LogP contribution in [0.15, 0.2) is 231 Å². The minimum absolute atomic E-state index is 0.105. The van der Waals surface area contributed by atoms with Gasteiger partial charge < -0.3 is 0 Å². The third-order valence-corrected chi connectivity index (χ3v) is 18.1. The fraction of sp³-hybridized carbons (Fsp3) is 0.120. The first kappa shape index (κ1) is 44.0. The zero-order valence-electron chi connectivity index (χ0n) is 43.4. The fourth-order valence-corrected chi connectivity index (χ4v) is 14.1. The second-order valence-corrected chi connectivity index (χ2v) is 23.2. The molecular formula is C75H56. The van der Waals surface area contributed by atoms with Crippen LogP contribution in [0.25, 0.3) is 121 Å². The molecule has 75 heavy (non-hydrogen) atoms. The van der Waals surface area contributed by atoms with E-state index in [1.165, 1.54) is 155 Å². The third-order valence-electron chi connectivity index (χ3n) is 18.1. The molecule has 0 heterocycles. The van der Waals surface area contributed by atoms with Crippen molar-refractivity contribution in [1.29, 1.82) is 0 Å². The van der Waals surface area contributed by atoms with Gasteiger partial charge in [-0.25, -0.2) is 0 Å². The standard InChI is InChI=1S/C75H56/c1-73(2)65-25-15-12-22-55(65)58-35-29-49(42-68(58)73)48-28-33-53-54-34-30-50(62-39-47-21-11-10-20-46(47)38-61(62)45-18-8-7-9-19-45)41-64(54)72(52-32-37-60-57-24-14-17-27-67(57)75(5,6)70(60)44-52)71(63(53)40-48)51-31-36-59-56-23-13-16-26-66(56)74(3,4)69(59)43-51/h7-44H,1-6H3. The molecule has 0 aromatic heterocycles. The summed E-state index contributed by atoms with van der Waals surface area (Å²) in [5.74, 6) is 0. The van der Waals surface area contributed by atoms with Gasteiger partial charge >= 0.3 is 0 Å². The van der Waals surface area contributed by atoms with Gasteiger partial charge in [0, 0.05) is 16.2 Å². The lowest BCUT2D eigenvalue weighted by molar-refractivity contribution is 0.660. The summed E-state index contributed by atoms with van der Waals surface area (Å²) in [5.41, 5.74) is 28.3. The summed E-state index contributed by atoms with van der Waals surface area (Å²) in [5, 5.41) is 7.50. The van der Waals surface area contributed by atoms with E-state index in [1.54, 1.807) is 0 Å². The molecule has 0 heteroatoms. The lowest BCUT2D eigenvalue weighted by atomic mass is 9.78. The Balaban J connectivity index is 1.06. The van der Waals surface area contributed by atoms with Gasteiger partial charge in [0.05, 0.1) is 0 Å². The zero-order chi connectivity index (χ0) is 50.5. The van der Waals surface area contributed by atoms with Gasteiger partial charge in [0.2, 0.25) is 0 Å². The number of benzene rings is 12. The SMILES string of the molecule is CC1(C)c2ccccc2-c2ccc(-c3ccc4c(c3)c(-c3ccc5c(c3)C(C)(C)c3ccccc3-5)c(-c3ccc5c(c3)C(C)(C)c3ccccc3-5)c3cc(-c5cc6ccccc6cc5-c5ccccc5)ccc34)cc21. The molecule has 0 saturated heterocycles. The molecule has 356 valence electrons. The summed E-state index contributed by atoms with van der Waals surface area (Å²) in [4.78, 5) is 0. The van der Waals surface area contributed by atoms with E-state index in [0.717, 1.165) is 0 Å². The van der Waals surface area contributed by atoms with Crippen molar-refractivity contribution < 1.29 is 0 Å². The van der Waals surface area contributed by atoms with E-state index < -0.39 is 0 Å². The van der Waals surface area contributed by atoms with Crippen LogP contribution in [-0.2, 0) is 16.2 Å². The van der Waals surface area contributed by atoms with Gasteiger partial charge in [-0.1, -0.05) is 230 Å². The Labute approximate surface area is 440 Å². The van der Waals surface area contributed by atoms with Crippen LogP contribution in [0.3, 0.4) is 0 Å². The molecule has 0 unspecified atom stereocenters. The molecule has 0 N–H and O–H groups in total. The lowest BCUT2D eigenvalue weighted by Gasteiger charge is -2.25. The first-order valence-electron chi connectivity index (χ1n) is 26.8. The highest BCUT2D eigenvalue weighted by atomic mass is 14.4. The smallest absolute Gasteiger partial charge is 0.0159 e. The molecule has 3 aliphatic carbocycles. The molecule has 0 nitrogen and oxygen atoms in total. The molecule has 0 aliphatic heterocycles. The normalized spacial score (nSPS) is 14.9.